The van der Waals surface area contributed by atoms with Gasteiger partial charge in [0, 0.05) is 6.07 Å². The van der Waals surface area contributed by atoms with Crippen molar-refractivity contribution in [2.45, 2.75) is 13.0 Å². The lowest BCUT2D eigenvalue weighted by Crippen LogP contribution is -2.34. The van der Waals surface area contributed by atoms with Gasteiger partial charge in [-0.05, 0) is 6.92 Å². The van der Waals surface area contributed by atoms with Crippen molar-refractivity contribution >= 4 is 23.4 Å². The Morgan fingerprint density at radius 1 is 1.69 bits per heavy atom. The van der Waals surface area contributed by atoms with Crippen LogP contribution in [0.15, 0.2) is 6.07 Å². The SMILES string of the molecule is COC(=O)[C@@H](CO)Nc1cc(Cl)nc(C)n1. The summed E-state index contributed by atoms with van der Waals surface area (Å²) in [5.74, 6) is 0.258. The minimum absolute atomic E-state index is 0.261. The van der Waals surface area contributed by atoms with E-state index in [4.69, 9.17) is 16.7 Å². The van der Waals surface area contributed by atoms with Gasteiger partial charge in [0.25, 0.3) is 0 Å². The molecule has 0 radical (unpaired) electrons. The van der Waals surface area contributed by atoms with Crippen LogP contribution in [0.5, 0.6) is 0 Å². The maximum absolute atomic E-state index is 11.2. The number of aliphatic hydroxyl groups excluding tert-OH is 1. The number of aryl methyl sites for hydroxylation is 1. The highest BCUT2D eigenvalue weighted by Crippen LogP contribution is 2.12. The number of carbonyl (C=O) groups is 1. The Morgan fingerprint density at radius 2 is 2.38 bits per heavy atom. The number of esters is 1. The monoisotopic (exact) mass is 245 g/mol. The molecule has 0 amide bonds. The maximum atomic E-state index is 11.2. The molecule has 1 aromatic heterocycles. The highest BCUT2D eigenvalue weighted by Gasteiger charge is 2.18. The van der Waals surface area contributed by atoms with Crippen LogP contribution in [-0.2, 0) is 9.53 Å². The molecule has 0 aliphatic rings. The number of methoxy groups -OCH3 is 1. The van der Waals surface area contributed by atoms with Crippen molar-refractivity contribution in [3.05, 3.63) is 17.0 Å². The summed E-state index contributed by atoms with van der Waals surface area (Å²) in [5, 5.41) is 11.9. The largest absolute Gasteiger partial charge is 0.467 e. The number of hydrogen-bond donors (Lipinski definition) is 2. The predicted octanol–water partition coefficient (Wildman–Crippen LogP) is 0.384. The topological polar surface area (TPSA) is 84.3 Å². The highest BCUT2D eigenvalue weighted by atomic mass is 35.5. The number of rotatable bonds is 4. The van der Waals surface area contributed by atoms with E-state index in [1.807, 2.05) is 0 Å². The third-order valence-corrected chi connectivity index (χ3v) is 1.99. The van der Waals surface area contributed by atoms with E-state index < -0.39 is 18.6 Å². The number of anilines is 1. The first-order valence-electron chi connectivity index (χ1n) is 4.53. The first kappa shape index (κ1) is 12.7. The molecule has 1 heterocycles. The molecule has 7 heteroatoms. The van der Waals surface area contributed by atoms with Crippen molar-refractivity contribution in [2.24, 2.45) is 0 Å². The van der Waals surface area contributed by atoms with E-state index in [9.17, 15) is 4.79 Å². The number of aromatic nitrogens is 2. The second-order valence-corrected chi connectivity index (χ2v) is 3.41. The number of aliphatic hydroxyl groups is 1. The number of nitrogens with zero attached hydrogens (tertiary/aromatic N) is 2. The van der Waals surface area contributed by atoms with E-state index in [0.29, 0.717) is 11.6 Å². The Labute approximate surface area is 97.6 Å². The van der Waals surface area contributed by atoms with Crippen molar-refractivity contribution in [3.63, 3.8) is 0 Å². The molecule has 1 aromatic rings. The first-order chi connectivity index (χ1) is 7.56. The van der Waals surface area contributed by atoms with Gasteiger partial charge in [0.2, 0.25) is 0 Å². The van der Waals surface area contributed by atoms with Gasteiger partial charge in [-0.3, -0.25) is 0 Å². The quantitative estimate of drug-likeness (QED) is 0.590. The van der Waals surface area contributed by atoms with Crippen LogP contribution in [-0.4, -0.2) is 40.8 Å². The minimum atomic E-state index is -0.865. The summed E-state index contributed by atoms with van der Waals surface area (Å²) in [5.41, 5.74) is 0. The summed E-state index contributed by atoms with van der Waals surface area (Å²) in [6, 6.07) is 0.593. The second kappa shape index (κ2) is 5.62. The molecule has 0 aromatic carbocycles. The average molecular weight is 246 g/mol. The number of hydrogen-bond acceptors (Lipinski definition) is 6. The van der Waals surface area contributed by atoms with Gasteiger partial charge in [0.1, 0.15) is 22.8 Å². The molecule has 2 N–H and O–H groups in total. The van der Waals surface area contributed by atoms with Crippen molar-refractivity contribution in [1.82, 2.24) is 9.97 Å². The number of carbonyl (C=O) groups excluding carboxylic acids is 1. The van der Waals surface area contributed by atoms with E-state index in [-0.39, 0.29) is 5.15 Å². The van der Waals surface area contributed by atoms with Crippen LogP contribution in [0.3, 0.4) is 0 Å². The Morgan fingerprint density at radius 3 is 2.88 bits per heavy atom. The molecule has 1 atom stereocenters. The Kier molecular flexibility index (Phi) is 4.45. The van der Waals surface area contributed by atoms with Crippen LogP contribution in [0.4, 0.5) is 5.82 Å². The van der Waals surface area contributed by atoms with Gasteiger partial charge in [-0.25, -0.2) is 14.8 Å². The Hall–Kier alpha value is -1.40. The van der Waals surface area contributed by atoms with Crippen LogP contribution in [0.25, 0.3) is 0 Å². The van der Waals surface area contributed by atoms with Crippen LogP contribution < -0.4 is 5.32 Å². The van der Waals surface area contributed by atoms with E-state index >= 15 is 0 Å². The van der Waals surface area contributed by atoms with Crippen LogP contribution in [0, 0.1) is 6.92 Å². The number of nitrogens with one attached hydrogen (secondary N) is 1. The van der Waals surface area contributed by atoms with Crippen LogP contribution >= 0.6 is 11.6 Å². The summed E-state index contributed by atoms with van der Waals surface area (Å²) < 4.78 is 4.50. The zero-order valence-corrected chi connectivity index (χ0v) is 9.65. The average Bonchev–Trinajstić information content (AvgIpc) is 2.23. The smallest absolute Gasteiger partial charge is 0.330 e. The molecule has 88 valence electrons. The van der Waals surface area contributed by atoms with Gasteiger partial charge < -0.3 is 15.2 Å². The fourth-order valence-corrected chi connectivity index (χ4v) is 1.33. The molecule has 0 saturated heterocycles. The van der Waals surface area contributed by atoms with Gasteiger partial charge in [-0.15, -0.1) is 0 Å². The molecule has 0 spiro atoms. The summed E-state index contributed by atoms with van der Waals surface area (Å²) >= 11 is 5.72. The fraction of sp³-hybridized carbons (Fsp3) is 0.444. The molecule has 1 rings (SSSR count). The van der Waals surface area contributed by atoms with Gasteiger partial charge in [-0.2, -0.15) is 0 Å². The Balaban J connectivity index is 2.81. The third kappa shape index (κ3) is 3.32. The minimum Gasteiger partial charge on any atom is -0.467 e. The zero-order valence-electron chi connectivity index (χ0n) is 8.90. The molecule has 6 nitrogen and oxygen atoms in total. The van der Waals surface area contributed by atoms with Gasteiger partial charge >= 0.3 is 5.97 Å². The lowest BCUT2D eigenvalue weighted by atomic mass is 10.3. The van der Waals surface area contributed by atoms with Crippen molar-refractivity contribution < 1.29 is 14.6 Å². The van der Waals surface area contributed by atoms with Gasteiger partial charge in [0.15, 0.2) is 0 Å². The molecular formula is C9H12ClN3O3. The van der Waals surface area contributed by atoms with E-state index in [2.05, 4.69) is 20.0 Å². The second-order valence-electron chi connectivity index (χ2n) is 3.03. The molecule has 0 bridgehead atoms. The first-order valence-corrected chi connectivity index (χ1v) is 4.91. The standard InChI is InChI=1S/C9H12ClN3O3/c1-5-11-7(10)3-8(12-5)13-6(4-14)9(15)16-2/h3,6,14H,4H2,1-2H3,(H,11,12,13)/t6-/m1/s1. The van der Waals surface area contributed by atoms with Crippen molar-refractivity contribution in [1.29, 1.82) is 0 Å². The molecule has 16 heavy (non-hydrogen) atoms. The lowest BCUT2D eigenvalue weighted by Gasteiger charge is -2.14. The van der Waals surface area contributed by atoms with Gasteiger partial charge in [-0.1, -0.05) is 11.6 Å². The van der Waals surface area contributed by atoms with Crippen molar-refractivity contribution in [3.8, 4) is 0 Å². The molecule has 0 saturated carbocycles. The Bertz CT molecular complexity index is 366. The summed E-state index contributed by atoms with van der Waals surface area (Å²) in [6.07, 6.45) is 0. The van der Waals surface area contributed by atoms with Crippen molar-refractivity contribution in [2.75, 3.05) is 19.0 Å². The molecule has 0 fully saturated rings. The fourth-order valence-electron chi connectivity index (χ4n) is 1.11. The van der Waals surface area contributed by atoms with E-state index in [1.165, 1.54) is 13.2 Å². The molecular weight excluding hydrogens is 234 g/mol. The van der Waals surface area contributed by atoms with E-state index in [1.54, 1.807) is 6.92 Å². The third-order valence-electron chi connectivity index (χ3n) is 1.80. The molecule has 0 aliphatic heterocycles. The maximum Gasteiger partial charge on any atom is 0.330 e. The summed E-state index contributed by atoms with van der Waals surface area (Å²) in [4.78, 5) is 19.1. The molecule has 0 aliphatic carbocycles. The predicted molar refractivity (Wildman–Crippen MR) is 58.3 cm³/mol. The molecule has 0 unspecified atom stereocenters. The van der Waals surface area contributed by atoms with Crippen LogP contribution in [0.2, 0.25) is 5.15 Å². The van der Waals surface area contributed by atoms with E-state index in [0.717, 1.165) is 0 Å². The zero-order chi connectivity index (χ0) is 12.1. The van der Waals surface area contributed by atoms with Gasteiger partial charge in [0.05, 0.1) is 13.7 Å². The highest BCUT2D eigenvalue weighted by molar-refractivity contribution is 6.29. The van der Waals surface area contributed by atoms with Crippen LogP contribution in [0.1, 0.15) is 5.82 Å². The summed E-state index contributed by atoms with van der Waals surface area (Å²) in [6.45, 7) is 1.27. The number of ether oxygens (including phenoxy) is 1. The summed E-state index contributed by atoms with van der Waals surface area (Å²) in [7, 11) is 1.24. The normalized spacial score (nSPS) is 12.0. The lowest BCUT2D eigenvalue weighted by molar-refractivity contribution is -0.142. The number of halogens is 1.